The van der Waals surface area contributed by atoms with Gasteiger partial charge in [0.15, 0.2) is 0 Å². The number of amides is 1. The Balaban J connectivity index is 2.07. The molecule has 2 rings (SSSR count). The topological polar surface area (TPSA) is 66.9 Å². The summed E-state index contributed by atoms with van der Waals surface area (Å²) in [6, 6.07) is 2.18. The zero-order valence-corrected chi connectivity index (χ0v) is 11.7. The van der Waals surface area contributed by atoms with Gasteiger partial charge in [-0.2, -0.15) is 0 Å². The molecule has 5 heteroatoms. The van der Waals surface area contributed by atoms with Crippen molar-refractivity contribution in [3.63, 3.8) is 0 Å². The van der Waals surface area contributed by atoms with Crippen molar-refractivity contribution >= 4 is 11.9 Å². The maximum absolute atomic E-state index is 11.9. The van der Waals surface area contributed by atoms with E-state index in [-0.39, 0.29) is 5.91 Å². The van der Waals surface area contributed by atoms with Crippen molar-refractivity contribution < 1.29 is 4.79 Å². The molecule has 1 aromatic heterocycles. The van der Waals surface area contributed by atoms with Crippen LogP contribution in [0.3, 0.4) is 0 Å². The van der Waals surface area contributed by atoms with Crippen molar-refractivity contribution in [1.29, 1.82) is 0 Å². The van der Waals surface area contributed by atoms with Gasteiger partial charge in [-0.3, -0.25) is 4.79 Å². The van der Waals surface area contributed by atoms with Crippen molar-refractivity contribution in [3.05, 3.63) is 17.5 Å². The van der Waals surface area contributed by atoms with E-state index in [0.717, 1.165) is 25.0 Å². The average Bonchev–Trinajstić information content (AvgIpc) is 2.88. The van der Waals surface area contributed by atoms with Crippen molar-refractivity contribution in [2.24, 2.45) is 0 Å². The van der Waals surface area contributed by atoms with E-state index in [1.165, 1.54) is 12.8 Å². The van der Waals surface area contributed by atoms with Crippen LogP contribution in [0, 0.1) is 6.92 Å². The first-order chi connectivity index (χ1) is 9.19. The largest absolute Gasteiger partial charge is 0.351 e. The molecule has 0 saturated heterocycles. The lowest BCUT2D eigenvalue weighted by Crippen LogP contribution is -2.26. The number of hydrogen-bond donors (Lipinski definition) is 2. The highest BCUT2D eigenvalue weighted by atomic mass is 16.1. The van der Waals surface area contributed by atoms with Crippen LogP contribution >= 0.6 is 0 Å². The summed E-state index contributed by atoms with van der Waals surface area (Å²) >= 11 is 0. The van der Waals surface area contributed by atoms with Crippen molar-refractivity contribution in [2.45, 2.75) is 52.0 Å². The molecule has 1 aliphatic carbocycles. The fourth-order valence-corrected chi connectivity index (χ4v) is 2.33. The second-order valence-electron chi connectivity index (χ2n) is 5.10. The number of nitrogens with zero attached hydrogens (tertiary/aromatic N) is 2. The third-order valence-electron chi connectivity index (χ3n) is 3.31. The zero-order valence-electron chi connectivity index (χ0n) is 11.7. The van der Waals surface area contributed by atoms with E-state index in [1.807, 2.05) is 13.8 Å². The van der Waals surface area contributed by atoms with Crippen LogP contribution < -0.4 is 10.6 Å². The van der Waals surface area contributed by atoms with Gasteiger partial charge in [-0.15, -0.1) is 0 Å². The Kier molecular flexibility index (Phi) is 4.71. The van der Waals surface area contributed by atoms with E-state index in [4.69, 9.17) is 0 Å². The normalized spacial score (nSPS) is 15.5. The third kappa shape index (κ3) is 3.91. The molecule has 0 aromatic carbocycles. The minimum Gasteiger partial charge on any atom is -0.351 e. The molecule has 104 valence electrons. The number of aromatic nitrogens is 2. The molecule has 1 heterocycles. The van der Waals surface area contributed by atoms with Gasteiger partial charge in [-0.05, 0) is 32.3 Å². The fraction of sp³-hybridized carbons (Fsp3) is 0.643. The molecule has 5 nitrogen and oxygen atoms in total. The molecule has 0 atom stereocenters. The summed E-state index contributed by atoms with van der Waals surface area (Å²) in [7, 11) is 0. The van der Waals surface area contributed by atoms with E-state index >= 15 is 0 Å². The number of hydrogen-bond acceptors (Lipinski definition) is 4. The molecule has 1 fully saturated rings. The molecule has 0 aliphatic heterocycles. The Morgan fingerprint density at radius 3 is 2.79 bits per heavy atom. The van der Waals surface area contributed by atoms with E-state index in [1.54, 1.807) is 6.07 Å². The maximum atomic E-state index is 11.9. The number of carbonyl (C=O) groups excluding carboxylic acids is 1. The highest BCUT2D eigenvalue weighted by molar-refractivity contribution is 5.92. The molecule has 19 heavy (non-hydrogen) atoms. The van der Waals surface area contributed by atoms with Gasteiger partial charge >= 0.3 is 0 Å². The number of aryl methyl sites for hydroxylation is 1. The summed E-state index contributed by atoms with van der Waals surface area (Å²) in [5, 5.41) is 6.17. The van der Waals surface area contributed by atoms with Gasteiger partial charge in [0.05, 0.1) is 0 Å². The number of carbonyl (C=O) groups is 1. The van der Waals surface area contributed by atoms with Crippen LogP contribution in [-0.4, -0.2) is 28.5 Å². The summed E-state index contributed by atoms with van der Waals surface area (Å²) in [4.78, 5) is 20.6. The Morgan fingerprint density at radius 1 is 1.37 bits per heavy atom. The maximum Gasteiger partial charge on any atom is 0.270 e. The lowest BCUT2D eigenvalue weighted by Gasteiger charge is -2.13. The predicted molar refractivity (Wildman–Crippen MR) is 75.3 cm³/mol. The van der Waals surface area contributed by atoms with Crippen LogP contribution in [0.25, 0.3) is 0 Å². The standard InChI is InChI=1S/C14H22N4O/c1-3-8-15-13(19)12-9-10(2)16-14(18-12)17-11-6-4-5-7-11/h9,11H,3-8H2,1-2H3,(H,15,19)(H,16,17,18). The van der Waals surface area contributed by atoms with Gasteiger partial charge in [0.1, 0.15) is 5.69 Å². The van der Waals surface area contributed by atoms with Gasteiger partial charge in [0, 0.05) is 18.3 Å². The molecule has 0 unspecified atom stereocenters. The van der Waals surface area contributed by atoms with Crippen molar-refractivity contribution in [1.82, 2.24) is 15.3 Å². The van der Waals surface area contributed by atoms with Gasteiger partial charge in [0.2, 0.25) is 5.95 Å². The second-order valence-corrected chi connectivity index (χ2v) is 5.10. The van der Waals surface area contributed by atoms with E-state index in [2.05, 4.69) is 20.6 Å². The predicted octanol–water partition coefficient (Wildman–Crippen LogP) is 2.28. The number of anilines is 1. The van der Waals surface area contributed by atoms with Crippen LogP contribution in [-0.2, 0) is 0 Å². The van der Waals surface area contributed by atoms with Gasteiger partial charge in [-0.1, -0.05) is 19.8 Å². The summed E-state index contributed by atoms with van der Waals surface area (Å²) < 4.78 is 0. The molecule has 1 saturated carbocycles. The molecule has 0 bridgehead atoms. The minimum absolute atomic E-state index is 0.123. The Hall–Kier alpha value is -1.65. The molecule has 1 aliphatic rings. The van der Waals surface area contributed by atoms with E-state index < -0.39 is 0 Å². The summed E-state index contributed by atoms with van der Waals surface area (Å²) in [6.45, 7) is 4.59. The van der Waals surface area contributed by atoms with Crippen LogP contribution in [0.5, 0.6) is 0 Å². The van der Waals surface area contributed by atoms with E-state index in [0.29, 0.717) is 24.2 Å². The monoisotopic (exact) mass is 262 g/mol. The van der Waals surface area contributed by atoms with Gasteiger partial charge in [0.25, 0.3) is 5.91 Å². The zero-order chi connectivity index (χ0) is 13.7. The van der Waals surface area contributed by atoms with Gasteiger partial charge < -0.3 is 10.6 Å². The molecular formula is C14H22N4O. The molecule has 1 amide bonds. The highest BCUT2D eigenvalue weighted by Crippen LogP contribution is 2.20. The molecule has 2 N–H and O–H groups in total. The molecule has 0 spiro atoms. The SMILES string of the molecule is CCCNC(=O)c1cc(C)nc(NC2CCCC2)n1. The first-order valence-corrected chi connectivity index (χ1v) is 7.09. The third-order valence-corrected chi connectivity index (χ3v) is 3.31. The second kappa shape index (κ2) is 6.50. The number of nitrogens with one attached hydrogen (secondary N) is 2. The smallest absolute Gasteiger partial charge is 0.270 e. The Labute approximate surface area is 114 Å². The fourth-order valence-electron chi connectivity index (χ4n) is 2.33. The first kappa shape index (κ1) is 13.8. The summed E-state index contributed by atoms with van der Waals surface area (Å²) in [5.74, 6) is 0.454. The minimum atomic E-state index is -0.123. The Bertz CT molecular complexity index is 441. The Morgan fingerprint density at radius 2 is 2.11 bits per heavy atom. The molecular weight excluding hydrogens is 240 g/mol. The average molecular weight is 262 g/mol. The van der Waals surface area contributed by atoms with Crippen LogP contribution in [0.15, 0.2) is 6.07 Å². The quantitative estimate of drug-likeness (QED) is 0.854. The lowest BCUT2D eigenvalue weighted by molar-refractivity contribution is 0.0948. The van der Waals surface area contributed by atoms with Gasteiger partial charge in [-0.25, -0.2) is 9.97 Å². The summed E-state index contributed by atoms with van der Waals surface area (Å²) in [5.41, 5.74) is 1.26. The van der Waals surface area contributed by atoms with Crippen LogP contribution in [0.2, 0.25) is 0 Å². The first-order valence-electron chi connectivity index (χ1n) is 7.09. The van der Waals surface area contributed by atoms with Crippen molar-refractivity contribution in [3.8, 4) is 0 Å². The molecule has 0 radical (unpaired) electrons. The van der Waals surface area contributed by atoms with Crippen LogP contribution in [0.4, 0.5) is 5.95 Å². The van der Waals surface area contributed by atoms with Crippen molar-refractivity contribution in [2.75, 3.05) is 11.9 Å². The highest BCUT2D eigenvalue weighted by Gasteiger charge is 2.17. The molecule has 1 aromatic rings. The number of rotatable bonds is 5. The lowest BCUT2D eigenvalue weighted by atomic mass is 10.2. The van der Waals surface area contributed by atoms with Crippen LogP contribution in [0.1, 0.15) is 55.2 Å². The van der Waals surface area contributed by atoms with E-state index in [9.17, 15) is 4.79 Å². The summed E-state index contributed by atoms with van der Waals surface area (Å²) in [6.07, 6.45) is 5.76.